The smallest absolute Gasteiger partial charge is 0.306 e. The summed E-state index contributed by atoms with van der Waals surface area (Å²) in [5.41, 5.74) is 0. The summed E-state index contributed by atoms with van der Waals surface area (Å²) in [5, 5.41) is 11.8. The first kappa shape index (κ1) is 71.2. The first-order chi connectivity index (χ1) is 36.6. The fraction of sp³-hybridized carbons (Fsp3) is 0.712. The van der Waals surface area contributed by atoms with E-state index < -0.39 is 24.3 Å². The minimum Gasteiger partial charge on any atom is -0.545 e. The predicted molar refractivity (Wildman–Crippen MR) is 315 cm³/mol. The van der Waals surface area contributed by atoms with Crippen LogP contribution in [0.2, 0.25) is 0 Å². The van der Waals surface area contributed by atoms with Crippen molar-refractivity contribution >= 4 is 17.9 Å². The van der Waals surface area contributed by atoms with Gasteiger partial charge < -0.3 is 33.3 Å². The summed E-state index contributed by atoms with van der Waals surface area (Å²) >= 11 is 0. The van der Waals surface area contributed by atoms with E-state index in [0.29, 0.717) is 17.4 Å². The fourth-order valence-corrected chi connectivity index (χ4v) is 8.20. The van der Waals surface area contributed by atoms with Crippen molar-refractivity contribution in [1.82, 2.24) is 0 Å². The number of carboxylic acid groups (broad SMARTS) is 1. The highest BCUT2D eigenvalue weighted by molar-refractivity contribution is 5.70. The minimum absolute atomic E-state index is 0.143. The third-order valence-electron chi connectivity index (χ3n) is 12.8. The molecule has 0 N–H and O–H groups in total. The Morgan fingerprint density at radius 3 is 1.13 bits per heavy atom. The molecule has 9 nitrogen and oxygen atoms in total. The minimum atomic E-state index is -1.63. The topological polar surface area (TPSA) is 111 Å². The third kappa shape index (κ3) is 57.7. The summed E-state index contributed by atoms with van der Waals surface area (Å²) in [5.74, 6) is -2.29. The van der Waals surface area contributed by atoms with E-state index in [4.69, 9.17) is 18.9 Å². The van der Waals surface area contributed by atoms with E-state index in [0.717, 1.165) is 96.3 Å². The Hall–Kier alpha value is -3.79. The van der Waals surface area contributed by atoms with E-state index in [9.17, 15) is 19.5 Å². The number of ether oxygens (including phenoxy) is 4. The first-order valence-electron chi connectivity index (χ1n) is 30.4. The van der Waals surface area contributed by atoms with E-state index in [1.165, 1.54) is 116 Å². The van der Waals surface area contributed by atoms with E-state index >= 15 is 0 Å². The van der Waals surface area contributed by atoms with Crippen molar-refractivity contribution in [2.75, 3.05) is 47.5 Å². The Kier molecular flexibility index (Phi) is 53.6. The van der Waals surface area contributed by atoms with Gasteiger partial charge in [0.25, 0.3) is 0 Å². The van der Waals surface area contributed by atoms with E-state index in [1.807, 2.05) is 21.1 Å². The predicted octanol–water partition coefficient (Wildman–Crippen LogP) is 16.8. The summed E-state index contributed by atoms with van der Waals surface area (Å²) in [6.45, 7) is 4.64. The van der Waals surface area contributed by atoms with Crippen LogP contribution in [0.25, 0.3) is 0 Å². The summed E-state index contributed by atoms with van der Waals surface area (Å²) in [6.07, 6.45) is 73.1. The summed E-state index contributed by atoms with van der Waals surface area (Å²) in [6, 6.07) is 0. The van der Waals surface area contributed by atoms with Crippen LogP contribution >= 0.6 is 0 Å². The average molecular weight is 1050 g/mol. The van der Waals surface area contributed by atoms with Crippen molar-refractivity contribution in [3.8, 4) is 0 Å². The van der Waals surface area contributed by atoms with Crippen molar-refractivity contribution in [2.45, 2.75) is 257 Å². The SMILES string of the molecule is CC/C=C\C/C=C\C/C=C\C/C=C\C/C=C\C/C=C\C/C=C\C/C=C\CCCCCCCCCCC(=O)OC(COC(=O)CCCCCCCCCCCCCCCCCCC)COC(OCC[N+](C)(C)C)C(=O)[O-]. The second kappa shape index (κ2) is 56.4. The number of carbonyl (C=O) groups excluding carboxylic acids is 3. The molecule has 0 aromatic rings. The number of allylic oxidation sites excluding steroid dienone is 16. The van der Waals surface area contributed by atoms with Crippen LogP contribution in [0.3, 0.4) is 0 Å². The number of nitrogens with zero attached hydrogens (tertiary/aromatic N) is 1. The molecule has 0 spiro atoms. The van der Waals surface area contributed by atoms with Gasteiger partial charge in [-0.2, -0.15) is 0 Å². The van der Waals surface area contributed by atoms with Crippen LogP contribution < -0.4 is 5.11 Å². The average Bonchev–Trinajstić information content (AvgIpc) is 3.38. The van der Waals surface area contributed by atoms with Gasteiger partial charge in [0.05, 0.1) is 40.3 Å². The van der Waals surface area contributed by atoms with Gasteiger partial charge in [-0.25, -0.2) is 0 Å². The number of hydrogen-bond donors (Lipinski definition) is 0. The molecule has 0 amide bonds. The quantitative estimate of drug-likeness (QED) is 0.0195. The molecule has 0 rings (SSSR count). The Labute approximate surface area is 461 Å². The fourth-order valence-electron chi connectivity index (χ4n) is 8.20. The summed E-state index contributed by atoms with van der Waals surface area (Å²) in [7, 11) is 5.92. The number of likely N-dealkylation sites (N-methyl/N-ethyl adjacent to an activating group) is 1. The van der Waals surface area contributed by atoms with Crippen LogP contribution in [0, 0.1) is 0 Å². The van der Waals surface area contributed by atoms with Crippen LogP contribution in [0.4, 0.5) is 0 Å². The molecule has 0 aromatic heterocycles. The lowest BCUT2D eigenvalue weighted by Gasteiger charge is -2.26. The molecule has 0 aliphatic rings. The van der Waals surface area contributed by atoms with Gasteiger partial charge in [0.15, 0.2) is 12.4 Å². The lowest BCUT2D eigenvalue weighted by atomic mass is 10.0. The molecule has 0 heterocycles. The molecule has 0 aliphatic carbocycles. The lowest BCUT2D eigenvalue weighted by Crippen LogP contribution is -2.44. The second-order valence-corrected chi connectivity index (χ2v) is 21.3. The molecule has 0 saturated heterocycles. The van der Waals surface area contributed by atoms with Gasteiger partial charge in [-0.15, -0.1) is 0 Å². The van der Waals surface area contributed by atoms with E-state index in [2.05, 4.69) is 111 Å². The maximum Gasteiger partial charge on any atom is 0.306 e. The van der Waals surface area contributed by atoms with E-state index in [1.54, 1.807) is 0 Å². The first-order valence-corrected chi connectivity index (χ1v) is 30.4. The zero-order valence-electron chi connectivity index (χ0n) is 48.9. The van der Waals surface area contributed by atoms with E-state index in [-0.39, 0.29) is 38.6 Å². The van der Waals surface area contributed by atoms with Crippen LogP contribution in [0.1, 0.15) is 245 Å². The Balaban J connectivity index is 4.23. The molecule has 0 bridgehead atoms. The summed E-state index contributed by atoms with van der Waals surface area (Å²) < 4.78 is 22.7. The Morgan fingerprint density at radius 2 is 0.760 bits per heavy atom. The normalized spacial score (nSPS) is 13.5. The maximum atomic E-state index is 12.9. The highest BCUT2D eigenvalue weighted by Crippen LogP contribution is 2.16. The number of aliphatic carboxylic acids is 1. The van der Waals surface area contributed by atoms with Gasteiger partial charge in [-0.1, -0.05) is 252 Å². The second-order valence-electron chi connectivity index (χ2n) is 21.3. The number of rotatable bonds is 55. The van der Waals surface area contributed by atoms with Gasteiger partial charge in [0, 0.05) is 12.8 Å². The van der Waals surface area contributed by atoms with Crippen molar-refractivity contribution in [1.29, 1.82) is 0 Å². The molecule has 9 heteroatoms. The molecular formula is C66H113NO8. The largest absolute Gasteiger partial charge is 0.545 e. The van der Waals surface area contributed by atoms with Gasteiger partial charge in [0.1, 0.15) is 13.2 Å². The third-order valence-corrected chi connectivity index (χ3v) is 12.8. The van der Waals surface area contributed by atoms with Crippen LogP contribution in [0.5, 0.6) is 0 Å². The van der Waals surface area contributed by atoms with Gasteiger partial charge in [0.2, 0.25) is 0 Å². The number of carbonyl (C=O) groups is 3. The maximum absolute atomic E-state index is 12.9. The number of quaternary nitrogens is 1. The molecule has 75 heavy (non-hydrogen) atoms. The number of esters is 2. The van der Waals surface area contributed by atoms with Gasteiger partial charge >= 0.3 is 11.9 Å². The monoisotopic (exact) mass is 1050 g/mol. The van der Waals surface area contributed by atoms with Crippen molar-refractivity contribution in [2.24, 2.45) is 0 Å². The molecule has 0 saturated carbocycles. The molecule has 0 aromatic carbocycles. The molecule has 0 aliphatic heterocycles. The number of carboxylic acids is 1. The molecule has 2 unspecified atom stereocenters. The van der Waals surface area contributed by atoms with Gasteiger partial charge in [-0.3, -0.25) is 9.59 Å². The van der Waals surface area contributed by atoms with Gasteiger partial charge in [-0.05, 0) is 77.0 Å². The van der Waals surface area contributed by atoms with Crippen molar-refractivity contribution in [3.63, 3.8) is 0 Å². The standard InChI is InChI=1S/C66H113NO8/c1-6-8-10-12-14-16-18-20-22-24-25-26-27-28-29-30-31-32-33-34-35-36-37-38-39-41-43-45-47-49-51-53-55-57-64(69)75-62(61-74-66(65(70)71)72-59-58-67(3,4)5)60-73-63(68)56-54-52-50-48-46-44-42-40-23-21-19-17-15-13-11-9-7-2/h8,10,14,16,20,22,25-26,28-29,31-32,34-35,37-38,62,66H,6-7,9,11-13,15,17-19,21,23-24,27,30,33,36,39-61H2,1-5H3/b10-8-,16-14-,22-20-,26-25-,29-28-,32-31-,35-34-,38-37-. The Morgan fingerprint density at radius 1 is 0.413 bits per heavy atom. The zero-order chi connectivity index (χ0) is 54.8. The molecule has 430 valence electrons. The summed E-state index contributed by atoms with van der Waals surface area (Å²) in [4.78, 5) is 37.3. The molecule has 0 radical (unpaired) electrons. The Bertz CT molecular complexity index is 1550. The molecule has 2 atom stereocenters. The highest BCUT2D eigenvalue weighted by Gasteiger charge is 2.22. The van der Waals surface area contributed by atoms with Crippen molar-refractivity contribution in [3.05, 3.63) is 97.2 Å². The van der Waals surface area contributed by atoms with Crippen LogP contribution in [-0.2, 0) is 33.3 Å². The number of unbranched alkanes of at least 4 members (excludes halogenated alkanes) is 24. The number of hydrogen-bond acceptors (Lipinski definition) is 8. The molecular weight excluding hydrogens is 935 g/mol. The van der Waals surface area contributed by atoms with Crippen LogP contribution in [-0.4, -0.2) is 82.3 Å². The lowest BCUT2D eigenvalue weighted by molar-refractivity contribution is -0.870. The zero-order valence-corrected chi connectivity index (χ0v) is 48.9. The highest BCUT2D eigenvalue weighted by atomic mass is 16.7. The molecule has 0 fully saturated rings. The van der Waals surface area contributed by atoms with Crippen LogP contribution in [0.15, 0.2) is 97.2 Å². The van der Waals surface area contributed by atoms with Crippen molar-refractivity contribution < 1.29 is 42.9 Å².